The molecule has 1 unspecified atom stereocenters. The van der Waals surface area contributed by atoms with Gasteiger partial charge in [0.2, 0.25) is 0 Å². The summed E-state index contributed by atoms with van der Waals surface area (Å²) in [5, 5.41) is 15.7. The average Bonchev–Trinajstić information content (AvgIpc) is 3.84. The SMILES string of the molecule is Cc1cc(-c2nc(C(=O)Nc3cc4c(cnn4COCC[Si](C)(C)C)cc3-c3cccc(CN(F)C(=O)OC(C)(C)C)c3)cs2)n(C2CCCCO2)n1. The Morgan fingerprint density at radius 3 is 2.70 bits per heavy atom. The highest BCUT2D eigenvalue weighted by Crippen LogP contribution is 2.35. The van der Waals surface area contributed by atoms with E-state index in [9.17, 15) is 14.1 Å². The summed E-state index contributed by atoms with van der Waals surface area (Å²) in [7, 11) is -1.27. The molecule has 5 aromatic rings. The Morgan fingerprint density at radius 1 is 1.15 bits per heavy atom. The number of carbonyl (C=O) groups excluding carboxylic acids is 2. The largest absolute Gasteiger partial charge is 0.442 e. The van der Waals surface area contributed by atoms with E-state index >= 15 is 0 Å². The number of hydrogen-bond acceptors (Lipinski definition) is 9. The second-order valence-corrected chi connectivity index (χ2v) is 22.1. The lowest BCUT2D eigenvalue weighted by Crippen LogP contribution is -2.31. The molecule has 282 valence electrons. The number of carbonyl (C=O) groups is 2. The van der Waals surface area contributed by atoms with E-state index in [1.807, 2.05) is 35.9 Å². The highest BCUT2D eigenvalue weighted by molar-refractivity contribution is 7.13. The van der Waals surface area contributed by atoms with Crippen LogP contribution in [0.25, 0.3) is 32.7 Å². The molecule has 4 heterocycles. The van der Waals surface area contributed by atoms with Gasteiger partial charge in [0.1, 0.15) is 28.7 Å². The van der Waals surface area contributed by atoms with E-state index in [2.05, 4.69) is 35.2 Å². The molecular formula is C38H48FN7O5SSi. The van der Waals surface area contributed by atoms with Gasteiger partial charge in [0, 0.05) is 37.6 Å². The third-order valence-electron chi connectivity index (χ3n) is 8.63. The first-order chi connectivity index (χ1) is 25.1. The maximum absolute atomic E-state index is 14.9. The number of aryl methyl sites for hydroxylation is 1. The molecule has 0 aliphatic carbocycles. The van der Waals surface area contributed by atoms with Gasteiger partial charge >= 0.3 is 6.09 Å². The number of nitrogens with one attached hydrogen (secondary N) is 1. The summed E-state index contributed by atoms with van der Waals surface area (Å²) in [5.74, 6) is -0.390. The van der Waals surface area contributed by atoms with Crippen molar-refractivity contribution >= 4 is 48.0 Å². The van der Waals surface area contributed by atoms with Crippen LogP contribution in [-0.4, -0.2) is 68.6 Å². The van der Waals surface area contributed by atoms with Gasteiger partial charge in [-0.15, -0.1) is 16.5 Å². The van der Waals surface area contributed by atoms with E-state index in [4.69, 9.17) is 19.2 Å². The highest BCUT2D eigenvalue weighted by Gasteiger charge is 2.25. The third-order valence-corrected chi connectivity index (χ3v) is 11.2. The van der Waals surface area contributed by atoms with E-state index in [1.165, 1.54) is 11.3 Å². The fourth-order valence-electron chi connectivity index (χ4n) is 5.97. The van der Waals surface area contributed by atoms with Crippen molar-refractivity contribution in [1.82, 2.24) is 29.7 Å². The number of thiazole rings is 1. The zero-order valence-corrected chi connectivity index (χ0v) is 33.3. The number of ether oxygens (including phenoxy) is 3. The maximum atomic E-state index is 14.9. The Morgan fingerprint density at radius 2 is 1.96 bits per heavy atom. The van der Waals surface area contributed by atoms with Crippen molar-refractivity contribution in [1.29, 1.82) is 0 Å². The van der Waals surface area contributed by atoms with Gasteiger partial charge < -0.3 is 19.5 Å². The van der Waals surface area contributed by atoms with Crippen molar-refractivity contribution in [2.24, 2.45) is 0 Å². The van der Waals surface area contributed by atoms with E-state index < -0.39 is 25.7 Å². The molecular weight excluding hydrogens is 714 g/mol. The van der Waals surface area contributed by atoms with Crippen molar-refractivity contribution in [3.8, 4) is 21.8 Å². The second-order valence-electron chi connectivity index (χ2n) is 15.6. The molecule has 53 heavy (non-hydrogen) atoms. The van der Waals surface area contributed by atoms with Crippen LogP contribution in [0.3, 0.4) is 0 Å². The molecule has 1 aliphatic heterocycles. The Balaban J connectivity index is 1.30. The number of aromatic nitrogens is 5. The predicted molar refractivity (Wildman–Crippen MR) is 207 cm³/mol. The number of amides is 2. The number of hydrogen-bond donors (Lipinski definition) is 1. The number of halogens is 1. The van der Waals surface area contributed by atoms with Crippen LogP contribution >= 0.6 is 11.3 Å². The number of anilines is 1. The topological polar surface area (TPSA) is 126 Å². The molecule has 1 fully saturated rings. The Bertz CT molecular complexity index is 2080. The first kappa shape index (κ1) is 38.3. The Labute approximate surface area is 314 Å². The second kappa shape index (κ2) is 15.9. The fraction of sp³-hybridized carbons (Fsp3) is 0.447. The van der Waals surface area contributed by atoms with Crippen molar-refractivity contribution < 1.29 is 28.3 Å². The van der Waals surface area contributed by atoms with Gasteiger partial charge in [0.05, 0.1) is 29.6 Å². The minimum Gasteiger partial charge on any atom is -0.442 e. The van der Waals surface area contributed by atoms with Crippen LogP contribution in [-0.2, 0) is 27.5 Å². The summed E-state index contributed by atoms with van der Waals surface area (Å²) in [5.41, 5.74) is 4.30. The standard InChI is InChI=1S/C38H48FN7O5SSi/c1-25-17-33(46(43-25)34-13-8-9-14-50-34)36-42-31(23-52-36)35(47)41-30-20-32-28(21-40-45(32)24-49-15-16-53(5,6)7)19-29(30)27-12-10-11-26(18-27)22-44(39)37(48)51-38(2,3)4/h10-12,17-21,23,34H,8-9,13-16,22,24H2,1-7H3,(H,41,47). The van der Waals surface area contributed by atoms with Gasteiger partial charge in [-0.1, -0.05) is 42.3 Å². The summed E-state index contributed by atoms with van der Waals surface area (Å²) in [6.45, 7) is 15.2. The van der Waals surface area contributed by atoms with Crippen molar-refractivity contribution in [2.75, 3.05) is 18.5 Å². The highest BCUT2D eigenvalue weighted by atomic mass is 32.1. The van der Waals surface area contributed by atoms with Gasteiger partial charge in [-0.25, -0.2) is 19.1 Å². The molecule has 6 rings (SSSR count). The van der Waals surface area contributed by atoms with Crippen molar-refractivity contribution in [3.63, 3.8) is 0 Å². The summed E-state index contributed by atoms with van der Waals surface area (Å²) in [4.78, 5) is 31.0. The van der Waals surface area contributed by atoms with Crippen LogP contribution in [0, 0.1) is 6.92 Å². The molecule has 1 aliphatic rings. The molecule has 0 radical (unpaired) electrons. The molecule has 15 heteroatoms. The van der Waals surface area contributed by atoms with Crippen molar-refractivity contribution in [2.45, 2.75) is 97.7 Å². The molecule has 2 aromatic carbocycles. The molecule has 12 nitrogen and oxygen atoms in total. The zero-order chi connectivity index (χ0) is 37.9. The molecule has 3 aromatic heterocycles. The lowest BCUT2D eigenvalue weighted by Gasteiger charge is -2.24. The average molecular weight is 762 g/mol. The van der Waals surface area contributed by atoms with Gasteiger partial charge in [-0.05, 0) is 88.4 Å². The van der Waals surface area contributed by atoms with Gasteiger partial charge in [0.25, 0.3) is 5.91 Å². The molecule has 2 amide bonds. The number of rotatable bonds is 12. The lowest BCUT2D eigenvalue weighted by molar-refractivity contribution is -0.0385. The van der Waals surface area contributed by atoms with E-state index in [0.29, 0.717) is 40.6 Å². The molecule has 1 N–H and O–H groups in total. The summed E-state index contributed by atoms with van der Waals surface area (Å²) >= 11 is 1.37. The van der Waals surface area contributed by atoms with Gasteiger partial charge in [0.15, 0.2) is 6.23 Å². The van der Waals surface area contributed by atoms with E-state index in [1.54, 1.807) is 55.2 Å². The normalized spacial score (nSPS) is 15.1. The minimum absolute atomic E-state index is 0.0517. The fourth-order valence-corrected chi connectivity index (χ4v) is 7.53. The number of fused-ring (bicyclic) bond motifs is 1. The van der Waals surface area contributed by atoms with E-state index in [-0.39, 0.29) is 30.3 Å². The Kier molecular flexibility index (Phi) is 11.5. The summed E-state index contributed by atoms with van der Waals surface area (Å²) in [6, 6.07) is 14.0. The predicted octanol–water partition coefficient (Wildman–Crippen LogP) is 9.22. The van der Waals surface area contributed by atoms with Gasteiger partial charge in [-0.2, -0.15) is 10.2 Å². The molecule has 0 spiro atoms. The molecule has 1 saturated heterocycles. The van der Waals surface area contributed by atoms with E-state index in [0.717, 1.165) is 47.6 Å². The number of nitrogens with zero attached hydrogens (tertiary/aromatic N) is 6. The first-order valence-corrected chi connectivity index (χ1v) is 22.5. The van der Waals surface area contributed by atoms with Crippen LogP contribution < -0.4 is 5.32 Å². The Hall–Kier alpha value is -4.44. The molecule has 1 atom stereocenters. The molecule has 0 saturated carbocycles. The third kappa shape index (κ3) is 9.76. The summed E-state index contributed by atoms with van der Waals surface area (Å²) in [6.07, 6.45) is 3.47. The minimum atomic E-state index is -1.27. The quantitative estimate of drug-likeness (QED) is 0.0758. The van der Waals surface area contributed by atoms with Gasteiger partial charge in [-0.3, -0.25) is 4.79 Å². The maximum Gasteiger partial charge on any atom is 0.438 e. The lowest BCUT2D eigenvalue weighted by atomic mass is 9.99. The monoisotopic (exact) mass is 761 g/mol. The van der Waals surface area contributed by atoms with Crippen LogP contribution in [0.15, 0.2) is 54.0 Å². The van der Waals surface area contributed by atoms with Crippen molar-refractivity contribution in [3.05, 3.63) is 71.0 Å². The van der Waals surface area contributed by atoms with Crippen LogP contribution in [0.1, 0.15) is 68.0 Å². The van der Waals surface area contributed by atoms with Crippen LogP contribution in [0.4, 0.5) is 15.0 Å². The zero-order valence-electron chi connectivity index (χ0n) is 31.4. The molecule has 0 bridgehead atoms. The van der Waals surface area contributed by atoms with Crippen LogP contribution in [0.5, 0.6) is 0 Å². The smallest absolute Gasteiger partial charge is 0.438 e. The summed E-state index contributed by atoms with van der Waals surface area (Å²) < 4.78 is 35.8. The number of benzene rings is 2. The first-order valence-electron chi connectivity index (χ1n) is 17.9. The van der Waals surface area contributed by atoms with Crippen LogP contribution in [0.2, 0.25) is 25.7 Å².